The van der Waals surface area contributed by atoms with E-state index >= 15 is 0 Å². The molecule has 4 rings (SSSR count). The molecule has 0 aromatic heterocycles. The van der Waals surface area contributed by atoms with Crippen LogP contribution in [0.3, 0.4) is 0 Å². The van der Waals surface area contributed by atoms with E-state index in [1.807, 2.05) is 30.0 Å². The van der Waals surface area contributed by atoms with Crippen LogP contribution in [0, 0.1) is 0 Å². The largest absolute Gasteiger partial charge is 0.494 e. The molecule has 1 saturated heterocycles. The van der Waals surface area contributed by atoms with E-state index in [1.54, 1.807) is 0 Å². The van der Waals surface area contributed by atoms with Crippen LogP contribution in [0.2, 0.25) is 0 Å². The summed E-state index contributed by atoms with van der Waals surface area (Å²) in [6, 6.07) is 14.5. The van der Waals surface area contributed by atoms with Crippen molar-refractivity contribution in [2.75, 3.05) is 44.3 Å². The van der Waals surface area contributed by atoms with Gasteiger partial charge >= 0.3 is 0 Å². The van der Waals surface area contributed by atoms with Crippen molar-refractivity contribution in [2.45, 2.75) is 25.9 Å². The zero-order valence-electron chi connectivity index (χ0n) is 16.8. The number of ether oxygens (including phenoxy) is 2. The maximum absolute atomic E-state index is 12.9. The van der Waals surface area contributed by atoms with E-state index in [-0.39, 0.29) is 12.0 Å². The van der Waals surface area contributed by atoms with Crippen LogP contribution in [-0.2, 0) is 16.0 Å². The number of carbonyl (C=O) groups excluding carboxylic acids is 1. The fourth-order valence-corrected chi connectivity index (χ4v) is 4.50. The van der Waals surface area contributed by atoms with Gasteiger partial charge in [-0.15, -0.1) is 0 Å². The summed E-state index contributed by atoms with van der Waals surface area (Å²) in [5.74, 6) is 1.07. The number of amides is 1. The third-order valence-electron chi connectivity index (χ3n) is 5.65. The highest BCUT2D eigenvalue weighted by atomic mass is 79.9. The Morgan fingerprint density at radius 3 is 2.62 bits per heavy atom. The Kier molecular flexibility index (Phi) is 6.40. The molecule has 0 aliphatic carbocycles. The van der Waals surface area contributed by atoms with Crippen LogP contribution in [0.15, 0.2) is 46.9 Å². The fourth-order valence-electron chi connectivity index (χ4n) is 4.10. The molecule has 0 radical (unpaired) electrons. The Morgan fingerprint density at radius 1 is 1.14 bits per heavy atom. The monoisotopic (exact) mass is 458 g/mol. The summed E-state index contributed by atoms with van der Waals surface area (Å²) >= 11 is 3.53. The van der Waals surface area contributed by atoms with E-state index in [1.165, 1.54) is 11.3 Å². The summed E-state index contributed by atoms with van der Waals surface area (Å²) in [6.07, 6.45) is 1.18. The molecule has 0 bridgehead atoms. The summed E-state index contributed by atoms with van der Waals surface area (Å²) in [5, 5.41) is 0. The van der Waals surface area contributed by atoms with Crippen LogP contribution in [-0.4, -0.2) is 50.2 Å². The molecule has 2 heterocycles. The number of fused-ring (bicyclic) bond motifs is 1. The van der Waals surface area contributed by atoms with Crippen molar-refractivity contribution in [3.05, 3.63) is 58.1 Å². The number of hydrogen-bond acceptors (Lipinski definition) is 4. The van der Waals surface area contributed by atoms with Gasteiger partial charge in [-0.05, 0) is 60.9 Å². The Morgan fingerprint density at radius 2 is 1.90 bits per heavy atom. The average Bonchev–Trinajstić information content (AvgIpc) is 2.74. The minimum Gasteiger partial charge on any atom is -0.494 e. The topological polar surface area (TPSA) is 42.0 Å². The predicted molar refractivity (Wildman–Crippen MR) is 118 cm³/mol. The van der Waals surface area contributed by atoms with E-state index in [4.69, 9.17) is 9.47 Å². The summed E-state index contributed by atoms with van der Waals surface area (Å²) in [7, 11) is 0. The van der Waals surface area contributed by atoms with Gasteiger partial charge in [0.1, 0.15) is 5.75 Å². The Balaban J connectivity index is 1.33. The maximum atomic E-state index is 12.9. The van der Waals surface area contributed by atoms with E-state index in [0.717, 1.165) is 48.4 Å². The molecular formula is C23H27BrN2O3. The first kappa shape index (κ1) is 20.2. The first-order valence-electron chi connectivity index (χ1n) is 10.3. The lowest BCUT2D eigenvalue weighted by atomic mass is 9.95. The normalized spacial score (nSPS) is 19.0. The first-order chi connectivity index (χ1) is 14.1. The highest BCUT2D eigenvalue weighted by Gasteiger charge is 2.27. The SMILES string of the molecule is CCOc1ccc(N2CCN(C(=O)C[C@H]3OCCc4cc(Br)ccc43)CC2)cc1. The van der Waals surface area contributed by atoms with Crippen LogP contribution < -0.4 is 9.64 Å². The molecule has 1 fully saturated rings. The fraction of sp³-hybridized carbons (Fsp3) is 0.435. The molecule has 2 aliphatic rings. The molecule has 0 saturated carbocycles. The smallest absolute Gasteiger partial charge is 0.225 e. The van der Waals surface area contributed by atoms with Gasteiger partial charge in [-0.2, -0.15) is 0 Å². The van der Waals surface area contributed by atoms with Crippen LogP contribution in [0.25, 0.3) is 0 Å². The zero-order chi connectivity index (χ0) is 20.2. The van der Waals surface area contributed by atoms with Gasteiger partial charge in [0.05, 0.1) is 25.7 Å². The molecule has 1 atom stereocenters. The second-order valence-electron chi connectivity index (χ2n) is 7.45. The lowest BCUT2D eigenvalue weighted by molar-refractivity contribution is -0.135. The molecule has 2 aliphatic heterocycles. The van der Waals surface area contributed by atoms with E-state index in [9.17, 15) is 4.79 Å². The molecule has 1 amide bonds. The number of anilines is 1. The third-order valence-corrected chi connectivity index (χ3v) is 6.14. The number of rotatable bonds is 5. The molecule has 29 heavy (non-hydrogen) atoms. The standard InChI is InChI=1S/C23H27BrN2O3/c1-2-28-20-6-4-19(5-7-20)25-10-12-26(13-11-25)23(27)16-22-21-8-3-18(24)15-17(21)9-14-29-22/h3-8,15,22H,2,9-14,16H2,1H3/t22-/m1/s1. The molecule has 154 valence electrons. The van der Waals surface area contributed by atoms with Crippen molar-refractivity contribution < 1.29 is 14.3 Å². The Labute approximate surface area is 180 Å². The second kappa shape index (κ2) is 9.18. The summed E-state index contributed by atoms with van der Waals surface area (Å²) in [6.45, 7) is 6.50. The van der Waals surface area contributed by atoms with Gasteiger partial charge in [0.25, 0.3) is 0 Å². The van der Waals surface area contributed by atoms with Crippen molar-refractivity contribution >= 4 is 27.5 Å². The van der Waals surface area contributed by atoms with Gasteiger partial charge in [-0.3, -0.25) is 4.79 Å². The number of piperazine rings is 1. The van der Waals surface area contributed by atoms with Crippen LogP contribution >= 0.6 is 15.9 Å². The van der Waals surface area contributed by atoms with Crippen LogP contribution in [0.5, 0.6) is 5.75 Å². The van der Waals surface area contributed by atoms with Crippen LogP contribution in [0.1, 0.15) is 30.6 Å². The summed E-state index contributed by atoms with van der Waals surface area (Å²) in [4.78, 5) is 17.2. The van der Waals surface area contributed by atoms with E-state index in [2.05, 4.69) is 45.1 Å². The van der Waals surface area contributed by atoms with Gasteiger partial charge in [-0.25, -0.2) is 0 Å². The summed E-state index contributed by atoms with van der Waals surface area (Å²) in [5.41, 5.74) is 3.61. The van der Waals surface area contributed by atoms with Gasteiger partial charge in [0.15, 0.2) is 0 Å². The molecule has 2 aromatic rings. The number of carbonyl (C=O) groups is 1. The Hall–Kier alpha value is -2.05. The number of hydrogen-bond donors (Lipinski definition) is 0. The molecule has 0 N–H and O–H groups in total. The molecule has 0 spiro atoms. The average molecular weight is 459 g/mol. The van der Waals surface area contributed by atoms with Crippen molar-refractivity contribution in [1.82, 2.24) is 4.90 Å². The molecule has 5 nitrogen and oxygen atoms in total. The molecule has 6 heteroatoms. The number of halogens is 1. The van der Waals surface area contributed by atoms with Gasteiger partial charge in [0.2, 0.25) is 5.91 Å². The highest BCUT2D eigenvalue weighted by Crippen LogP contribution is 2.32. The lowest BCUT2D eigenvalue weighted by Gasteiger charge is -2.37. The number of benzene rings is 2. The van der Waals surface area contributed by atoms with Crippen molar-refractivity contribution in [2.24, 2.45) is 0 Å². The van der Waals surface area contributed by atoms with Crippen molar-refractivity contribution in [3.8, 4) is 5.75 Å². The minimum absolute atomic E-state index is 0.136. The van der Waals surface area contributed by atoms with Gasteiger partial charge in [0, 0.05) is 36.3 Å². The zero-order valence-corrected chi connectivity index (χ0v) is 18.4. The van der Waals surface area contributed by atoms with Crippen LogP contribution in [0.4, 0.5) is 5.69 Å². The molecular weight excluding hydrogens is 432 g/mol. The van der Waals surface area contributed by atoms with Gasteiger partial charge < -0.3 is 19.3 Å². The van der Waals surface area contributed by atoms with Gasteiger partial charge in [-0.1, -0.05) is 22.0 Å². The summed E-state index contributed by atoms with van der Waals surface area (Å²) < 4.78 is 12.5. The minimum atomic E-state index is -0.136. The lowest BCUT2D eigenvalue weighted by Crippen LogP contribution is -2.49. The molecule has 0 unspecified atom stereocenters. The third kappa shape index (κ3) is 4.75. The van der Waals surface area contributed by atoms with Crippen molar-refractivity contribution in [3.63, 3.8) is 0 Å². The quantitative estimate of drug-likeness (QED) is 0.672. The maximum Gasteiger partial charge on any atom is 0.225 e. The highest BCUT2D eigenvalue weighted by molar-refractivity contribution is 9.10. The second-order valence-corrected chi connectivity index (χ2v) is 8.37. The predicted octanol–water partition coefficient (Wildman–Crippen LogP) is 4.20. The van der Waals surface area contributed by atoms with E-state index < -0.39 is 0 Å². The molecule has 2 aromatic carbocycles. The number of nitrogens with zero attached hydrogens (tertiary/aromatic N) is 2. The Bertz CT molecular complexity index is 848. The van der Waals surface area contributed by atoms with Crippen molar-refractivity contribution in [1.29, 1.82) is 0 Å². The van der Waals surface area contributed by atoms with E-state index in [0.29, 0.717) is 19.6 Å². The first-order valence-corrected chi connectivity index (χ1v) is 11.1.